The average molecular weight is 404 g/mol. The second-order valence-electron chi connectivity index (χ2n) is 7.29. The summed E-state index contributed by atoms with van der Waals surface area (Å²) in [7, 11) is 2.09. The van der Waals surface area contributed by atoms with Gasteiger partial charge in [0.05, 0.1) is 12.4 Å². The van der Waals surface area contributed by atoms with E-state index in [-0.39, 0.29) is 11.3 Å². The molecule has 3 rings (SSSR count). The highest BCUT2D eigenvalue weighted by atomic mass is 19.3. The number of phenols is 1. The molecule has 0 bridgehead atoms. The van der Waals surface area contributed by atoms with Gasteiger partial charge in [0.25, 0.3) is 6.43 Å². The van der Waals surface area contributed by atoms with Gasteiger partial charge in [-0.2, -0.15) is 5.10 Å². The Morgan fingerprint density at radius 2 is 1.86 bits per heavy atom. The van der Waals surface area contributed by atoms with Gasteiger partial charge in [-0.1, -0.05) is 0 Å². The summed E-state index contributed by atoms with van der Waals surface area (Å²) >= 11 is 0. The minimum absolute atomic E-state index is 0.223. The van der Waals surface area contributed by atoms with Gasteiger partial charge in [-0.25, -0.2) is 23.4 Å². The Hall–Kier alpha value is -2.65. The van der Waals surface area contributed by atoms with E-state index in [1.165, 1.54) is 10.7 Å². The van der Waals surface area contributed by atoms with Crippen molar-refractivity contribution in [1.29, 1.82) is 0 Å². The van der Waals surface area contributed by atoms with E-state index >= 15 is 0 Å². The Morgan fingerprint density at radius 1 is 1.17 bits per heavy atom. The Morgan fingerprint density at radius 3 is 2.45 bits per heavy atom. The number of hydrogen-bond acceptors (Lipinski definition) is 6. The van der Waals surface area contributed by atoms with Crippen molar-refractivity contribution < 1.29 is 13.9 Å². The first-order valence-corrected chi connectivity index (χ1v) is 9.41. The quantitative estimate of drug-likeness (QED) is 0.777. The molecule has 2 heterocycles. The van der Waals surface area contributed by atoms with Crippen molar-refractivity contribution in [1.82, 2.24) is 19.5 Å². The normalized spacial score (nSPS) is 16.6. The van der Waals surface area contributed by atoms with E-state index < -0.39 is 6.43 Å². The zero-order chi connectivity index (χ0) is 21.1. The topological polar surface area (TPSA) is 69.2 Å². The number of nitrogens with zero attached hydrogens (tertiary/aromatic N) is 6. The number of benzene rings is 1. The largest absolute Gasteiger partial charge is 0.507 e. The summed E-state index contributed by atoms with van der Waals surface area (Å²) in [6.45, 7) is 11.3. The van der Waals surface area contributed by atoms with Crippen LogP contribution in [0, 0.1) is 13.8 Å². The Kier molecular flexibility index (Phi) is 6.39. The maximum atomic E-state index is 13.0. The molecule has 156 valence electrons. The van der Waals surface area contributed by atoms with Crippen LogP contribution in [0.1, 0.15) is 23.2 Å². The third kappa shape index (κ3) is 4.68. The van der Waals surface area contributed by atoms with Gasteiger partial charge in [0.1, 0.15) is 5.75 Å². The lowest BCUT2D eigenvalue weighted by molar-refractivity contribution is 0.151. The Bertz CT molecular complexity index is 941. The summed E-state index contributed by atoms with van der Waals surface area (Å²) in [4.78, 5) is 13.6. The van der Waals surface area contributed by atoms with Crippen molar-refractivity contribution in [2.24, 2.45) is 10.1 Å². The highest BCUT2D eigenvalue weighted by Gasteiger charge is 2.17. The summed E-state index contributed by atoms with van der Waals surface area (Å²) in [6, 6.07) is 4.18. The van der Waals surface area contributed by atoms with Crippen molar-refractivity contribution in [2.75, 3.05) is 39.9 Å². The first-order valence-electron chi connectivity index (χ1n) is 9.41. The van der Waals surface area contributed by atoms with Gasteiger partial charge in [0.15, 0.2) is 0 Å². The third-order valence-corrected chi connectivity index (χ3v) is 5.08. The fourth-order valence-electron chi connectivity index (χ4n) is 3.42. The molecule has 1 fully saturated rings. The minimum Gasteiger partial charge on any atom is -0.507 e. The van der Waals surface area contributed by atoms with Crippen LogP contribution < -0.4 is 5.62 Å². The molecule has 9 heteroatoms. The fraction of sp³-hybridized carbons (Fsp3) is 0.450. The summed E-state index contributed by atoms with van der Waals surface area (Å²) in [6.07, 6.45) is -2.65. The molecule has 0 amide bonds. The van der Waals surface area contributed by atoms with E-state index in [0.717, 1.165) is 37.9 Å². The van der Waals surface area contributed by atoms with Crippen LogP contribution in [0.5, 0.6) is 5.75 Å². The second-order valence-corrected chi connectivity index (χ2v) is 7.29. The van der Waals surface area contributed by atoms with E-state index in [2.05, 4.69) is 38.6 Å². The van der Waals surface area contributed by atoms with E-state index in [1.54, 1.807) is 13.0 Å². The molecule has 1 aliphatic rings. The minimum atomic E-state index is -2.65. The molecule has 1 aliphatic heterocycles. The molecule has 0 saturated carbocycles. The molecule has 0 radical (unpaired) electrons. The molecular weight excluding hydrogens is 378 g/mol. The number of likely N-dealkylation sites (N-methyl/N-ethyl adjacent to an activating group) is 1. The van der Waals surface area contributed by atoms with E-state index in [0.29, 0.717) is 29.1 Å². The van der Waals surface area contributed by atoms with Crippen LogP contribution in [0.15, 0.2) is 28.3 Å². The average Bonchev–Trinajstić information content (AvgIpc) is 2.66. The van der Waals surface area contributed by atoms with Crippen molar-refractivity contribution in [3.05, 3.63) is 40.6 Å². The van der Waals surface area contributed by atoms with Gasteiger partial charge >= 0.3 is 0 Å². The smallest absolute Gasteiger partial charge is 0.263 e. The molecule has 0 atom stereocenters. The molecule has 2 aromatic rings. The van der Waals surface area contributed by atoms with Gasteiger partial charge in [0.2, 0.25) is 5.62 Å². The number of alkyl halides is 2. The standard InChI is InChI=1S/C20H26F2N6O/c1-13-9-15(19(21)22)11-17(29)18(13)16-10-14(2)28(23-3)20(25-16)24-12-27-7-5-26(4)6-8-27/h9-11,19,29H,3,5-8,12H2,1-2,4H3/b24-20-. The number of aromatic nitrogens is 2. The van der Waals surface area contributed by atoms with Crippen LogP contribution in [-0.2, 0) is 0 Å². The summed E-state index contributed by atoms with van der Waals surface area (Å²) in [5.74, 6) is -0.235. The highest BCUT2D eigenvalue weighted by Crippen LogP contribution is 2.35. The van der Waals surface area contributed by atoms with E-state index in [9.17, 15) is 13.9 Å². The molecule has 1 aromatic carbocycles. The first-order chi connectivity index (χ1) is 13.8. The molecule has 0 spiro atoms. The Balaban J connectivity index is 2.02. The van der Waals surface area contributed by atoms with Crippen LogP contribution in [0.3, 0.4) is 0 Å². The number of hydrogen-bond donors (Lipinski definition) is 1. The monoisotopic (exact) mass is 404 g/mol. The number of aromatic hydroxyl groups is 1. The third-order valence-electron chi connectivity index (χ3n) is 5.08. The summed E-state index contributed by atoms with van der Waals surface area (Å²) in [5, 5.41) is 14.4. The molecule has 7 nitrogen and oxygen atoms in total. The molecule has 29 heavy (non-hydrogen) atoms. The highest BCUT2D eigenvalue weighted by molar-refractivity contribution is 5.71. The maximum absolute atomic E-state index is 13.0. The SMILES string of the molecule is C=Nn1c(C)cc(-c2c(C)cc(C(F)F)cc2O)n/c1=N/CN1CCN(C)CC1. The van der Waals surface area contributed by atoms with Gasteiger partial charge in [-0.3, -0.25) is 4.90 Å². The number of phenolic OH excluding ortho intramolecular Hbond substituents is 1. The molecule has 1 N–H and O–H groups in total. The van der Waals surface area contributed by atoms with Gasteiger partial charge in [-0.15, -0.1) is 0 Å². The lowest BCUT2D eigenvalue weighted by atomic mass is 10.0. The summed E-state index contributed by atoms with van der Waals surface area (Å²) < 4.78 is 27.6. The lowest BCUT2D eigenvalue weighted by Crippen LogP contribution is -2.44. The van der Waals surface area contributed by atoms with Crippen molar-refractivity contribution in [2.45, 2.75) is 20.3 Å². The van der Waals surface area contributed by atoms with Crippen LogP contribution in [0.2, 0.25) is 0 Å². The predicted octanol–water partition coefficient (Wildman–Crippen LogP) is 2.38. The molecule has 1 saturated heterocycles. The number of rotatable bonds is 5. The van der Waals surface area contributed by atoms with Crippen molar-refractivity contribution >= 4 is 6.72 Å². The van der Waals surface area contributed by atoms with Crippen LogP contribution in [-0.4, -0.2) is 71.2 Å². The van der Waals surface area contributed by atoms with Crippen LogP contribution in [0.25, 0.3) is 11.3 Å². The molecule has 0 aliphatic carbocycles. The predicted molar refractivity (Wildman–Crippen MR) is 108 cm³/mol. The fourth-order valence-corrected chi connectivity index (χ4v) is 3.42. The Labute approximate surface area is 168 Å². The molecule has 0 unspecified atom stereocenters. The van der Waals surface area contributed by atoms with Gasteiger partial charge in [0, 0.05) is 49.7 Å². The first kappa shape index (κ1) is 21.1. The number of halogens is 2. The van der Waals surface area contributed by atoms with Crippen LogP contribution in [0.4, 0.5) is 8.78 Å². The van der Waals surface area contributed by atoms with Gasteiger partial charge < -0.3 is 10.0 Å². The van der Waals surface area contributed by atoms with Crippen molar-refractivity contribution in [3.63, 3.8) is 0 Å². The number of aryl methyl sites for hydroxylation is 2. The molecule has 1 aromatic heterocycles. The van der Waals surface area contributed by atoms with E-state index in [1.807, 2.05) is 6.92 Å². The summed E-state index contributed by atoms with van der Waals surface area (Å²) in [5.41, 5.74) is 2.23. The zero-order valence-corrected chi connectivity index (χ0v) is 16.9. The number of piperazine rings is 1. The lowest BCUT2D eigenvalue weighted by Gasteiger charge is -2.30. The van der Waals surface area contributed by atoms with E-state index in [4.69, 9.17) is 0 Å². The molecular formula is C20H26F2N6O. The second kappa shape index (κ2) is 8.79. The maximum Gasteiger partial charge on any atom is 0.263 e. The van der Waals surface area contributed by atoms with Crippen LogP contribution >= 0.6 is 0 Å². The van der Waals surface area contributed by atoms with Crippen molar-refractivity contribution in [3.8, 4) is 17.0 Å². The zero-order valence-electron chi connectivity index (χ0n) is 16.9. The van der Waals surface area contributed by atoms with Gasteiger partial charge in [-0.05, 0) is 44.7 Å².